The number of ether oxygens (including phenoxy) is 2. The minimum Gasteiger partial charge on any atom is -0.395 e. The van der Waals surface area contributed by atoms with Gasteiger partial charge in [0.25, 0.3) is 35.4 Å². The van der Waals surface area contributed by atoms with E-state index < -0.39 is 0 Å². The van der Waals surface area contributed by atoms with Crippen LogP contribution in [0.3, 0.4) is 0 Å². The zero-order chi connectivity index (χ0) is 82.8. The van der Waals surface area contributed by atoms with Crippen LogP contribution < -0.4 is 47.9 Å². The topological polar surface area (TPSA) is 279 Å². The van der Waals surface area contributed by atoms with Crippen molar-refractivity contribution >= 4 is 35.4 Å². The Morgan fingerprint density at radius 2 is 0.578 bits per heavy atom. The number of carbonyl (C=O) groups excluding carboxylic acids is 6. The second kappa shape index (κ2) is 49.8. The summed E-state index contributed by atoms with van der Waals surface area (Å²) in [5.74, 6) is -0.247. The summed E-state index contributed by atoms with van der Waals surface area (Å²) in [5.41, 5.74) is 11.2. The van der Waals surface area contributed by atoms with E-state index in [0.717, 1.165) is 83.8 Å². The van der Waals surface area contributed by atoms with E-state index in [0.29, 0.717) is 55.1 Å². The van der Waals surface area contributed by atoms with E-state index in [1.165, 1.54) is 4.90 Å². The number of amides is 6. The number of rotatable bonds is 28. The predicted octanol–water partition coefficient (Wildman–Crippen LogP) is 11.4. The first kappa shape index (κ1) is 98.7. The number of hydrogen-bond acceptors (Lipinski definition) is 16. The van der Waals surface area contributed by atoms with Crippen LogP contribution >= 0.6 is 0 Å². The van der Waals surface area contributed by atoms with Crippen molar-refractivity contribution in [2.75, 3.05) is 102 Å². The summed E-state index contributed by atoms with van der Waals surface area (Å²) >= 11 is 0. The van der Waals surface area contributed by atoms with Crippen molar-refractivity contribution in [3.05, 3.63) is 212 Å². The molecule has 0 bridgehead atoms. The van der Waals surface area contributed by atoms with Gasteiger partial charge in [-0.2, -0.15) is 0 Å². The fraction of sp³-hybridized carbons (Fsp3) is 0.517. The highest BCUT2D eigenvalue weighted by Crippen LogP contribution is 2.16. The largest absolute Gasteiger partial charge is 0.395 e. The Morgan fingerprint density at radius 1 is 0.330 bits per heavy atom. The molecule has 11 N–H and O–H groups in total. The smallest absolute Gasteiger partial charge is 0.253 e. The third kappa shape index (κ3) is 47.4. The van der Waals surface area contributed by atoms with Crippen molar-refractivity contribution in [3.8, 4) is 0 Å². The maximum Gasteiger partial charge on any atom is 0.253 e. The fourth-order valence-corrected chi connectivity index (χ4v) is 9.18. The molecule has 6 amide bonds. The number of carbonyl (C=O) groups is 6. The lowest BCUT2D eigenvalue weighted by atomic mass is 10.1. The van der Waals surface area contributed by atoms with Crippen molar-refractivity contribution in [1.82, 2.24) is 62.6 Å². The van der Waals surface area contributed by atoms with E-state index in [-0.39, 0.29) is 88.4 Å². The fourth-order valence-electron chi connectivity index (χ4n) is 9.18. The molecule has 0 saturated carbocycles. The first-order valence-corrected chi connectivity index (χ1v) is 37.5. The van der Waals surface area contributed by atoms with Crippen LogP contribution in [-0.4, -0.2) is 196 Å². The number of benzene rings is 6. The normalized spacial score (nSPS) is 11.4. The molecule has 0 unspecified atom stereocenters. The Kier molecular flexibility index (Phi) is 45.1. The van der Waals surface area contributed by atoms with Gasteiger partial charge < -0.3 is 82.2 Å². The molecule has 0 aliphatic rings. The molecule has 606 valence electrons. The Hall–Kier alpha value is -8.26. The van der Waals surface area contributed by atoms with Gasteiger partial charge in [-0.05, 0) is 231 Å². The molecule has 22 nitrogen and oxygen atoms in total. The molecule has 0 radical (unpaired) electrons. The first-order chi connectivity index (χ1) is 50.7. The van der Waals surface area contributed by atoms with Crippen molar-refractivity contribution in [3.63, 3.8) is 0 Å². The van der Waals surface area contributed by atoms with Crippen molar-refractivity contribution < 1.29 is 48.5 Å². The van der Waals surface area contributed by atoms with Crippen molar-refractivity contribution in [2.45, 2.75) is 197 Å². The number of methoxy groups -OCH3 is 2. The van der Waals surface area contributed by atoms with E-state index in [1.54, 1.807) is 71.4 Å². The van der Waals surface area contributed by atoms with Crippen LogP contribution in [0.15, 0.2) is 146 Å². The highest BCUT2D eigenvalue weighted by Gasteiger charge is 2.18. The van der Waals surface area contributed by atoms with Gasteiger partial charge in [-0.1, -0.05) is 72.8 Å². The van der Waals surface area contributed by atoms with Crippen LogP contribution in [0, 0.1) is 0 Å². The number of nitrogens with one attached hydrogen (secondary N) is 9. The van der Waals surface area contributed by atoms with Crippen LogP contribution in [0.2, 0.25) is 0 Å². The van der Waals surface area contributed by atoms with Crippen LogP contribution in [0.1, 0.15) is 220 Å². The zero-order valence-corrected chi connectivity index (χ0v) is 70.8. The number of likely N-dealkylation sites (N-methyl/N-ethyl adjacent to an activating group) is 2. The van der Waals surface area contributed by atoms with Crippen LogP contribution in [0.4, 0.5) is 0 Å². The molecule has 0 fully saturated rings. The Morgan fingerprint density at radius 3 is 0.826 bits per heavy atom. The van der Waals surface area contributed by atoms with Gasteiger partial charge in [0, 0.05) is 182 Å². The lowest BCUT2D eigenvalue weighted by Gasteiger charge is -2.21. The molecular weight excluding hydrogens is 1370 g/mol. The van der Waals surface area contributed by atoms with E-state index >= 15 is 0 Å². The number of aliphatic hydroxyl groups excluding tert-OH is 2. The minimum absolute atomic E-state index is 0.0203. The van der Waals surface area contributed by atoms with Gasteiger partial charge in [-0.25, -0.2) is 0 Å². The zero-order valence-electron chi connectivity index (χ0n) is 70.8. The van der Waals surface area contributed by atoms with E-state index in [2.05, 4.69) is 172 Å². The maximum atomic E-state index is 12.3. The molecule has 0 saturated heterocycles. The Labute approximate surface area is 654 Å². The summed E-state index contributed by atoms with van der Waals surface area (Å²) in [4.78, 5) is 76.0. The minimum atomic E-state index is -0.151. The summed E-state index contributed by atoms with van der Waals surface area (Å²) in [7, 11) is 11.9. The summed E-state index contributed by atoms with van der Waals surface area (Å²) < 4.78 is 9.90. The highest BCUT2D eigenvalue weighted by atomic mass is 16.5. The Balaban J connectivity index is 0.000000655. The van der Waals surface area contributed by atoms with Gasteiger partial charge in [0.15, 0.2) is 0 Å². The molecule has 22 heteroatoms. The van der Waals surface area contributed by atoms with Crippen LogP contribution in [0.5, 0.6) is 0 Å². The molecule has 0 aliphatic heterocycles. The molecule has 0 aromatic heterocycles. The lowest BCUT2D eigenvalue weighted by molar-refractivity contribution is 0.0742. The molecule has 6 rings (SSSR count). The number of aliphatic hydroxyl groups is 2. The molecular formula is C87H138N12O10. The van der Waals surface area contributed by atoms with Gasteiger partial charge in [0.1, 0.15) is 0 Å². The van der Waals surface area contributed by atoms with Crippen molar-refractivity contribution in [2.24, 2.45) is 0 Å². The quantitative estimate of drug-likeness (QED) is 0.0204. The summed E-state index contributed by atoms with van der Waals surface area (Å²) in [6.07, 6.45) is 0. The van der Waals surface area contributed by atoms with Gasteiger partial charge in [-0.3, -0.25) is 28.8 Å². The van der Waals surface area contributed by atoms with Gasteiger partial charge >= 0.3 is 0 Å². The average molecular weight is 1510 g/mol. The molecule has 0 aliphatic carbocycles. The monoisotopic (exact) mass is 1510 g/mol. The Bertz CT molecular complexity index is 3650. The second-order valence-corrected chi connectivity index (χ2v) is 33.0. The molecule has 0 heterocycles. The molecule has 6 aromatic rings. The molecule has 0 atom stereocenters. The standard InChI is InChI=1S/C16H26N2O2.2C15H24N2O2.C14H22N2O2.C14H22N2O.C13H20N2O/c1-16(2,3)17-12-13-7-6-8-14(11-13)15(19)18(4)9-10-20-5;1-15(2,3)16-11-12-6-5-7-13(10-12)14(19)17(4)8-9-18;1-15(2,3)17-11-12-6-5-7-13(10-12)14(18)16-8-9-19-4;1-14(2,3)16-10-11-5-4-6-12(9-11)13(18)15-7-8-17;1-14(2,3)15-10-11-7-6-8-12(9-11)13(17)16(4)5;1-13(2,3)15-9-10-6-5-7-11(8-10)12(16)14-4/h6-8,11,17H,9-10,12H2,1-5H3;5-7,10,16,18H,8-9,11H2,1-4H3;5-7,10,17H,8-9,11H2,1-4H3,(H,16,18);4-6,9,16-17H,7-8,10H2,1-3H3,(H,15,18);6-9,15H,10H2,1-5H3;5-8,15H,9H2,1-4H3,(H,14,16). The van der Waals surface area contributed by atoms with Crippen LogP contribution in [-0.2, 0) is 48.7 Å². The summed E-state index contributed by atoms with van der Waals surface area (Å²) in [6.45, 7) is 45.4. The van der Waals surface area contributed by atoms with Gasteiger partial charge in [0.2, 0.25) is 0 Å². The third-order valence-electron chi connectivity index (χ3n) is 15.4. The predicted molar refractivity (Wildman–Crippen MR) is 446 cm³/mol. The second-order valence-electron chi connectivity index (χ2n) is 33.0. The highest BCUT2D eigenvalue weighted by molar-refractivity contribution is 5.97. The molecule has 109 heavy (non-hydrogen) atoms. The first-order valence-electron chi connectivity index (χ1n) is 37.5. The molecule has 6 aromatic carbocycles. The maximum absolute atomic E-state index is 12.3. The molecule has 0 spiro atoms. The average Bonchev–Trinajstić information content (AvgIpc) is 0.886. The van der Waals surface area contributed by atoms with E-state index in [4.69, 9.17) is 19.7 Å². The van der Waals surface area contributed by atoms with Gasteiger partial charge in [-0.15, -0.1) is 0 Å². The van der Waals surface area contributed by atoms with E-state index in [9.17, 15) is 28.8 Å². The van der Waals surface area contributed by atoms with Gasteiger partial charge in [0.05, 0.1) is 26.4 Å². The summed E-state index contributed by atoms with van der Waals surface area (Å²) in [5, 5.41) is 46.0. The number of hydrogen-bond donors (Lipinski definition) is 11. The van der Waals surface area contributed by atoms with Crippen molar-refractivity contribution in [1.29, 1.82) is 0 Å². The van der Waals surface area contributed by atoms with Crippen LogP contribution in [0.25, 0.3) is 0 Å². The lowest BCUT2D eigenvalue weighted by Crippen LogP contribution is -2.35. The number of nitrogens with zero attached hydrogens (tertiary/aromatic N) is 3. The third-order valence-corrected chi connectivity index (χ3v) is 15.4. The SMILES string of the molecule is CC(C)(C)NCc1cccc(C(=O)NCCO)c1.CN(C)C(=O)c1cccc(CNC(C)(C)C)c1.CN(CCO)C(=O)c1cccc(CNC(C)(C)C)c1.CNC(=O)c1cccc(CNC(C)(C)C)c1.COCCN(C)C(=O)c1cccc(CNC(C)(C)C)c1.COCCNC(=O)c1cccc(CNC(C)(C)C)c1. The summed E-state index contributed by atoms with van der Waals surface area (Å²) in [6, 6.07) is 45.9. The van der Waals surface area contributed by atoms with E-state index in [1.807, 2.05) is 133 Å².